The summed E-state index contributed by atoms with van der Waals surface area (Å²) in [6.45, 7) is 2.89. The molecule has 3 rings (SSSR count). The summed E-state index contributed by atoms with van der Waals surface area (Å²) in [5.41, 5.74) is 3.48. The Kier molecular flexibility index (Phi) is 5.16. The molecule has 1 aliphatic rings. The molecule has 1 aliphatic heterocycles. The quantitative estimate of drug-likeness (QED) is 0.921. The SMILES string of the molecule is CON1CCC(NCc2ccnc(-c3ccccc3)c2)CC1. The van der Waals surface area contributed by atoms with Crippen LogP contribution in [0.3, 0.4) is 0 Å². The van der Waals surface area contributed by atoms with E-state index >= 15 is 0 Å². The number of nitrogens with one attached hydrogen (secondary N) is 1. The van der Waals surface area contributed by atoms with Crippen molar-refractivity contribution in [3.05, 3.63) is 54.2 Å². The van der Waals surface area contributed by atoms with Gasteiger partial charge in [0.15, 0.2) is 0 Å². The molecule has 2 aromatic rings. The third-order valence-corrected chi connectivity index (χ3v) is 4.20. The van der Waals surface area contributed by atoms with Gasteiger partial charge in [-0.05, 0) is 30.5 Å². The Morgan fingerprint density at radius 2 is 1.95 bits per heavy atom. The van der Waals surface area contributed by atoms with Gasteiger partial charge in [0.25, 0.3) is 0 Å². The monoisotopic (exact) mass is 297 g/mol. The van der Waals surface area contributed by atoms with Crippen LogP contribution in [0.1, 0.15) is 18.4 Å². The Bertz CT molecular complexity index is 580. The number of piperidine rings is 1. The number of hydrogen-bond acceptors (Lipinski definition) is 4. The largest absolute Gasteiger partial charge is 0.310 e. The molecule has 0 unspecified atom stereocenters. The fourth-order valence-corrected chi connectivity index (χ4v) is 2.86. The first-order valence-corrected chi connectivity index (χ1v) is 7.88. The number of nitrogens with zero attached hydrogens (tertiary/aromatic N) is 2. The van der Waals surface area contributed by atoms with Crippen molar-refractivity contribution in [3.63, 3.8) is 0 Å². The molecule has 1 saturated heterocycles. The lowest BCUT2D eigenvalue weighted by Crippen LogP contribution is -2.41. The molecule has 1 fully saturated rings. The third-order valence-electron chi connectivity index (χ3n) is 4.20. The van der Waals surface area contributed by atoms with Crippen molar-refractivity contribution in [2.24, 2.45) is 0 Å². The minimum Gasteiger partial charge on any atom is -0.310 e. The second-order valence-corrected chi connectivity index (χ2v) is 5.68. The fourth-order valence-electron chi connectivity index (χ4n) is 2.86. The molecule has 0 bridgehead atoms. The molecule has 0 atom stereocenters. The van der Waals surface area contributed by atoms with E-state index in [-0.39, 0.29) is 0 Å². The van der Waals surface area contributed by atoms with Crippen LogP contribution in [-0.4, -0.2) is 36.3 Å². The van der Waals surface area contributed by atoms with Gasteiger partial charge in [-0.25, -0.2) is 0 Å². The minimum atomic E-state index is 0.569. The topological polar surface area (TPSA) is 37.4 Å². The molecule has 116 valence electrons. The van der Waals surface area contributed by atoms with E-state index in [0.29, 0.717) is 6.04 Å². The first-order valence-electron chi connectivity index (χ1n) is 7.88. The lowest BCUT2D eigenvalue weighted by Gasteiger charge is -2.30. The number of rotatable bonds is 5. The lowest BCUT2D eigenvalue weighted by molar-refractivity contribution is -0.144. The standard InChI is InChI=1S/C18H23N3O/c1-22-21-11-8-17(9-12-21)20-14-15-7-10-19-18(13-15)16-5-3-2-4-6-16/h2-7,10,13,17,20H,8-9,11-12,14H2,1H3. The van der Waals surface area contributed by atoms with Crippen molar-refractivity contribution in [1.82, 2.24) is 15.4 Å². The summed E-state index contributed by atoms with van der Waals surface area (Å²) in [7, 11) is 1.75. The molecule has 22 heavy (non-hydrogen) atoms. The van der Waals surface area contributed by atoms with Gasteiger partial charge >= 0.3 is 0 Å². The van der Waals surface area contributed by atoms with Gasteiger partial charge in [-0.3, -0.25) is 4.98 Å². The molecule has 1 aromatic carbocycles. The summed E-state index contributed by atoms with van der Waals surface area (Å²) in [5, 5.41) is 5.68. The van der Waals surface area contributed by atoms with E-state index in [9.17, 15) is 0 Å². The maximum atomic E-state index is 5.26. The van der Waals surface area contributed by atoms with Crippen molar-refractivity contribution in [2.75, 3.05) is 20.2 Å². The van der Waals surface area contributed by atoms with E-state index in [1.807, 2.05) is 29.5 Å². The zero-order valence-corrected chi connectivity index (χ0v) is 13.0. The van der Waals surface area contributed by atoms with Gasteiger partial charge in [0.2, 0.25) is 0 Å². The molecule has 2 heterocycles. The summed E-state index contributed by atoms with van der Waals surface area (Å²) < 4.78 is 0. The average molecular weight is 297 g/mol. The van der Waals surface area contributed by atoms with E-state index in [4.69, 9.17) is 4.84 Å². The number of benzene rings is 1. The number of hydroxylamine groups is 2. The zero-order chi connectivity index (χ0) is 15.2. The molecule has 4 nitrogen and oxygen atoms in total. The van der Waals surface area contributed by atoms with Crippen LogP contribution < -0.4 is 5.32 Å². The summed E-state index contributed by atoms with van der Waals surface area (Å²) in [5.74, 6) is 0. The fraction of sp³-hybridized carbons (Fsp3) is 0.389. The van der Waals surface area contributed by atoms with Crippen molar-refractivity contribution in [2.45, 2.75) is 25.4 Å². The molecule has 0 aliphatic carbocycles. The molecule has 1 N–H and O–H groups in total. The maximum Gasteiger partial charge on any atom is 0.0705 e. The van der Waals surface area contributed by atoms with E-state index in [1.54, 1.807) is 7.11 Å². The zero-order valence-electron chi connectivity index (χ0n) is 13.0. The molecule has 4 heteroatoms. The van der Waals surface area contributed by atoms with Gasteiger partial charge in [-0.2, -0.15) is 5.06 Å². The van der Waals surface area contributed by atoms with Crippen molar-refractivity contribution >= 4 is 0 Å². The summed E-state index contributed by atoms with van der Waals surface area (Å²) >= 11 is 0. The van der Waals surface area contributed by atoms with Crippen LogP contribution >= 0.6 is 0 Å². The Hall–Kier alpha value is -1.75. The van der Waals surface area contributed by atoms with Crippen LogP contribution in [0.15, 0.2) is 48.7 Å². The van der Waals surface area contributed by atoms with E-state index < -0.39 is 0 Å². The lowest BCUT2D eigenvalue weighted by atomic mass is 10.1. The van der Waals surface area contributed by atoms with Gasteiger partial charge in [0.05, 0.1) is 12.8 Å². The Balaban J connectivity index is 1.57. The summed E-state index contributed by atoms with van der Waals surface area (Å²) in [6.07, 6.45) is 4.15. The normalized spacial score (nSPS) is 16.8. The van der Waals surface area contributed by atoms with Crippen LogP contribution in [0.25, 0.3) is 11.3 Å². The maximum absolute atomic E-state index is 5.26. The van der Waals surface area contributed by atoms with Crippen LogP contribution in [0, 0.1) is 0 Å². The molecular formula is C18H23N3O. The first kappa shape index (κ1) is 15.2. The van der Waals surface area contributed by atoms with Gasteiger partial charge in [0.1, 0.15) is 0 Å². The third kappa shape index (κ3) is 3.91. The number of pyridine rings is 1. The number of hydrogen-bond donors (Lipinski definition) is 1. The molecular weight excluding hydrogens is 274 g/mol. The second-order valence-electron chi connectivity index (χ2n) is 5.68. The van der Waals surface area contributed by atoms with Crippen LogP contribution in [0.2, 0.25) is 0 Å². The predicted molar refractivity (Wildman–Crippen MR) is 88.1 cm³/mol. The minimum absolute atomic E-state index is 0.569. The van der Waals surface area contributed by atoms with Gasteiger partial charge in [-0.1, -0.05) is 30.3 Å². The highest BCUT2D eigenvalue weighted by molar-refractivity contribution is 5.59. The summed E-state index contributed by atoms with van der Waals surface area (Å²) in [6, 6.07) is 15.1. The van der Waals surface area contributed by atoms with Crippen LogP contribution in [-0.2, 0) is 11.4 Å². The molecule has 0 saturated carbocycles. The second kappa shape index (κ2) is 7.49. The Morgan fingerprint density at radius 1 is 1.18 bits per heavy atom. The smallest absolute Gasteiger partial charge is 0.0705 e. The van der Waals surface area contributed by atoms with Crippen molar-refractivity contribution in [1.29, 1.82) is 0 Å². The molecule has 0 spiro atoms. The highest BCUT2D eigenvalue weighted by Gasteiger charge is 2.18. The van der Waals surface area contributed by atoms with Gasteiger partial charge in [0, 0.05) is 37.4 Å². The average Bonchev–Trinajstić information content (AvgIpc) is 2.61. The van der Waals surface area contributed by atoms with Gasteiger partial charge < -0.3 is 10.2 Å². The van der Waals surface area contributed by atoms with E-state index in [2.05, 4.69) is 34.6 Å². The predicted octanol–water partition coefficient (Wildman–Crippen LogP) is 2.86. The Labute approximate surface area is 132 Å². The molecule has 1 aromatic heterocycles. The van der Waals surface area contributed by atoms with E-state index in [0.717, 1.165) is 43.7 Å². The van der Waals surface area contributed by atoms with Crippen LogP contribution in [0.5, 0.6) is 0 Å². The molecule has 0 radical (unpaired) electrons. The highest BCUT2D eigenvalue weighted by atomic mass is 16.7. The van der Waals surface area contributed by atoms with Gasteiger partial charge in [-0.15, -0.1) is 0 Å². The Morgan fingerprint density at radius 3 is 2.68 bits per heavy atom. The highest BCUT2D eigenvalue weighted by Crippen LogP contribution is 2.17. The first-order chi connectivity index (χ1) is 10.8. The van der Waals surface area contributed by atoms with Crippen molar-refractivity contribution in [3.8, 4) is 11.3 Å². The van der Waals surface area contributed by atoms with E-state index in [1.165, 1.54) is 5.56 Å². The molecule has 0 amide bonds. The number of aromatic nitrogens is 1. The van der Waals surface area contributed by atoms with Crippen molar-refractivity contribution < 1.29 is 4.84 Å². The summed E-state index contributed by atoms with van der Waals surface area (Å²) in [4.78, 5) is 9.74. The van der Waals surface area contributed by atoms with Crippen LogP contribution in [0.4, 0.5) is 0 Å².